The molecule has 1 aromatic heterocycles. The summed E-state index contributed by atoms with van der Waals surface area (Å²) in [6, 6.07) is 37.6. The van der Waals surface area contributed by atoms with E-state index in [1.165, 1.54) is 0 Å². The molecule has 0 spiro atoms. The molecule has 4 heteroatoms. The lowest BCUT2D eigenvalue weighted by Gasteiger charge is -2.19. The summed E-state index contributed by atoms with van der Waals surface area (Å²) in [5.41, 5.74) is 5.04. The van der Waals surface area contributed by atoms with Gasteiger partial charge in [0.25, 0.3) is 0 Å². The van der Waals surface area contributed by atoms with Crippen molar-refractivity contribution in [1.29, 1.82) is 0 Å². The summed E-state index contributed by atoms with van der Waals surface area (Å²) < 4.78 is 6.63. The van der Waals surface area contributed by atoms with Crippen molar-refractivity contribution in [3.63, 3.8) is 0 Å². The number of hydrogen-bond donors (Lipinski definition) is 0. The Morgan fingerprint density at radius 2 is 1.46 bits per heavy atom. The van der Waals surface area contributed by atoms with Crippen molar-refractivity contribution < 1.29 is 9.53 Å². The third-order valence-electron chi connectivity index (χ3n) is 6.47. The van der Waals surface area contributed by atoms with Crippen LogP contribution in [0.15, 0.2) is 115 Å². The predicted molar refractivity (Wildman–Crippen MR) is 152 cm³/mol. The van der Waals surface area contributed by atoms with Gasteiger partial charge in [0, 0.05) is 27.1 Å². The molecule has 5 aromatic carbocycles. The molecule has 0 atom stereocenters. The topological polar surface area (TPSA) is 39.2 Å². The Morgan fingerprint density at radius 1 is 0.730 bits per heavy atom. The highest BCUT2D eigenvalue weighted by atomic mass is 35.5. The maximum Gasteiger partial charge on any atom is 0.162 e. The van der Waals surface area contributed by atoms with Gasteiger partial charge in [-0.05, 0) is 71.8 Å². The minimum Gasteiger partial charge on any atom is -0.454 e. The van der Waals surface area contributed by atoms with Gasteiger partial charge in [0.2, 0.25) is 0 Å². The van der Waals surface area contributed by atoms with Gasteiger partial charge < -0.3 is 4.74 Å². The Bertz CT molecular complexity index is 1780. The summed E-state index contributed by atoms with van der Waals surface area (Å²) in [6.07, 6.45) is 0. The highest BCUT2D eigenvalue weighted by molar-refractivity contribution is 6.31. The number of carbonyl (C=O) groups is 1. The first-order valence-electron chi connectivity index (χ1n) is 12.0. The average molecular weight is 500 g/mol. The molecule has 0 radical (unpaired) electrons. The van der Waals surface area contributed by atoms with Crippen LogP contribution < -0.4 is 4.74 Å². The third-order valence-corrected chi connectivity index (χ3v) is 6.70. The number of carbonyl (C=O) groups excluding carboxylic acids is 1. The molecule has 0 saturated carbocycles. The summed E-state index contributed by atoms with van der Waals surface area (Å²) in [6.45, 7) is 1.55. The molecule has 178 valence electrons. The zero-order valence-corrected chi connectivity index (χ0v) is 20.9. The van der Waals surface area contributed by atoms with Gasteiger partial charge in [-0.1, -0.05) is 78.3 Å². The van der Waals surface area contributed by atoms with Crippen LogP contribution in [0.4, 0.5) is 0 Å². The first-order chi connectivity index (χ1) is 18.1. The molecule has 0 bridgehead atoms. The molecule has 0 aliphatic rings. The standard InChI is InChI=1S/C33H22ClNO2/c1-21(36)22-13-16-28(17-14-22)37-33-31(24-8-3-2-4-9-24)29-20-27(34)15-18-30(29)35-32(33)26-12-11-23-7-5-6-10-25(23)19-26/h2-20H,1H3. The minimum atomic E-state index is 0.00962. The van der Waals surface area contributed by atoms with Gasteiger partial charge in [0.1, 0.15) is 11.4 Å². The second-order valence-corrected chi connectivity index (χ2v) is 9.37. The van der Waals surface area contributed by atoms with Crippen LogP contribution in [0.3, 0.4) is 0 Å². The van der Waals surface area contributed by atoms with E-state index in [0.717, 1.165) is 44.1 Å². The zero-order valence-electron chi connectivity index (χ0n) is 20.1. The molecule has 0 amide bonds. The van der Waals surface area contributed by atoms with E-state index < -0.39 is 0 Å². The Balaban J connectivity index is 1.66. The first kappa shape index (κ1) is 23.0. The van der Waals surface area contributed by atoms with Crippen molar-refractivity contribution >= 4 is 39.1 Å². The summed E-state index contributed by atoms with van der Waals surface area (Å²) >= 11 is 6.46. The van der Waals surface area contributed by atoms with Gasteiger partial charge in [0.05, 0.1) is 5.52 Å². The summed E-state index contributed by atoms with van der Waals surface area (Å²) in [5, 5.41) is 3.81. The van der Waals surface area contributed by atoms with E-state index in [9.17, 15) is 4.79 Å². The average Bonchev–Trinajstić information content (AvgIpc) is 2.93. The van der Waals surface area contributed by atoms with E-state index in [2.05, 4.69) is 42.5 Å². The second-order valence-electron chi connectivity index (χ2n) is 8.94. The Kier molecular flexibility index (Phi) is 5.91. The van der Waals surface area contributed by atoms with Crippen LogP contribution in [0.2, 0.25) is 5.02 Å². The lowest BCUT2D eigenvalue weighted by Crippen LogP contribution is -1.98. The summed E-state index contributed by atoms with van der Waals surface area (Å²) in [5.74, 6) is 1.26. The van der Waals surface area contributed by atoms with Crippen molar-refractivity contribution in [2.45, 2.75) is 6.92 Å². The predicted octanol–water partition coefficient (Wildman–Crippen LogP) is 9.37. The Labute approximate surface area is 219 Å². The maximum atomic E-state index is 11.8. The molecule has 0 saturated heterocycles. The molecule has 0 aliphatic carbocycles. The quantitative estimate of drug-likeness (QED) is 0.222. The summed E-state index contributed by atoms with van der Waals surface area (Å²) in [7, 11) is 0. The van der Waals surface area contributed by atoms with Crippen LogP contribution in [-0.2, 0) is 0 Å². The highest BCUT2D eigenvalue weighted by Gasteiger charge is 2.21. The molecular formula is C33H22ClNO2. The van der Waals surface area contributed by atoms with E-state index in [0.29, 0.717) is 22.1 Å². The number of ketones is 1. The van der Waals surface area contributed by atoms with Gasteiger partial charge in [-0.25, -0.2) is 4.98 Å². The number of nitrogens with zero attached hydrogens (tertiary/aromatic N) is 1. The van der Waals surface area contributed by atoms with E-state index in [4.69, 9.17) is 21.3 Å². The fraction of sp³-hybridized carbons (Fsp3) is 0.0303. The van der Waals surface area contributed by atoms with Crippen molar-refractivity contribution in [1.82, 2.24) is 4.98 Å². The molecule has 0 aliphatic heterocycles. The number of fused-ring (bicyclic) bond motifs is 2. The number of rotatable bonds is 5. The van der Waals surface area contributed by atoms with Gasteiger partial charge in [-0.15, -0.1) is 0 Å². The molecule has 0 unspecified atom stereocenters. The number of benzene rings is 5. The fourth-order valence-corrected chi connectivity index (χ4v) is 4.79. The number of Topliss-reactive ketones (excluding diaryl/α,β-unsaturated/α-hetero) is 1. The van der Waals surface area contributed by atoms with Crippen LogP contribution in [0.1, 0.15) is 17.3 Å². The van der Waals surface area contributed by atoms with E-state index in [1.54, 1.807) is 19.1 Å². The summed E-state index contributed by atoms with van der Waals surface area (Å²) in [4.78, 5) is 16.9. The number of halogens is 1. The molecule has 0 N–H and O–H groups in total. The molecule has 37 heavy (non-hydrogen) atoms. The highest BCUT2D eigenvalue weighted by Crippen LogP contribution is 2.45. The number of ether oxygens (including phenoxy) is 1. The molecule has 3 nitrogen and oxygen atoms in total. The van der Waals surface area contributed by atoms with Gasteiger partial charge in [-0.2, -0.15) is 0 Å². The SMILES string of the molecule is CC(=O)c1ccc(Oc2c(-c3ccc4ccccc4c3)nc3ccc(Cl)cc3c2-c2ccccc2)cc1. The van der Waals surface area contributed by atoms with Gasteiger partial charge in [-0.3, -0.25) is 4.79 Å². The van der Waals surface area contributed by atoms with Crippen LogP contribution in [0.25, 0.3) is 44.1 Å². The monoisotopic (exact) mass is 499 g/mol. The molecular weight excluding hydrogens is 478 g/mol. The molecule has 0 fully saturated rings. The Hall–Kier alpha value is -4.47. The van der Waals surface area contributed by atoms with Crippen molar-refractivity contribution in [3.05, 3.63) is 126 Å². The second kappa shape index (κ2) is 9.53. The van der Waals surface area contributed by atoms with E-state index in [-0.39, 0.29) is 5.78 Å². The molecule has 6 rings (SSSR count). The van der Waals surface area contributed by atoms with Crippen molar-refractivity contribution in [2.24, 2.45) is 0 Å². The first-order valence-corrected chi connectivity index (χ1v) is 12.4. The lowest BCUT2D eigenvalue weighted by molar-refractivity contribution is 0.101. The largest absolute Gasteiger partial charge is 0.454 e. The molecule has 1 heterocycles. The number of aromatic nitrogens is 1. The van der Waals surface area contributed by atoms with Crippen LogP contribution in [-0.4, -0.2) is 10.8 Å². The Morgan fingerprint density at radius 3 is 2.22 bits per heavy atom. The zero-order chi connectivity index (χ0) is 25.4. The van der Waals surface area contributed by atoms with Crippen LogP contribution in [0.5, 0.6) is 11.5 Å². The van der Waals surface area contributed by atoms with Crippen LogP contribution >= 0.6 is 11.6 Å². The van der Waals surface area contributed by atoms with Crippen molar-refractivity contribution in [2.75, 3.05) is 0 Å². The fourth-order valence-electron chi connectivity index (χ4n) is 4.62. The van der Waals surface area contributed by atoms with Crippen LogP contribution in [0, 0.1) is 0 Å². The normalized spacial score (nSPS) is 11.1. The van der Waals surface area contributed by atoms with E-state index in [1.807, 2.05) is 60.7 Å². The lowest BCUT2D eigenvalue weighted by atomic mass is 9.96. The smallest absolute Gasteiger partial charge is 0.162 e. The van der Waals surface area contributed by atoms with Gasteiger partial charge in [0.15, 0.2) is 11.5 Å². The van der Waals surface area contributed by atoms with Gasteiger partial charge >= 0.3 is 0 Å². The number of hydrogen-bond acceptors (Lipinski definition) is 3. The minimum absolute atomic E-state index is 0.00962. The third kappa shape index (κ3) is 4.46. The number of pyridine rings is 1. The van der Waals surface area contributed by atoms with Crippen molar-refractivity contribution in [3.8, 4) is 33.9 Å². The maximum absolute atomic E-state index is 11.8. The van der Waals surface area contributed by atoms with E-state index >= 15 is 0 Å². The molecule has 6 aromatic rings.